The van der Waals surface area contributed by atoms with Gasteiger partial charge in [0.05, 0.1) is 25.4 Å². The average molecular weight is 348 g/mol. The highest BCUT2D eigenvalue weighted by Crippen LogP contribution is 2.40. The van der Waals surface area contributed by atoms with Crippen LogP contribution in [0.4, 0.5) is 0 Å². The lowest BCUT2D eigenvalue weighted by Gasteiger charge is -2.14. The summed E-state index contributed by atoms with van der Waals surface area (Å²) in [7, 11) is 3.01. The van der Waals surface area contributed by atoms with Crippen molar-refractivity contribution in [1.29, 1.82) is 0 Å². The van der Waals surface area contributed by atoms with E-state index in [1.807, 2.05) is 0 Å². The fraction of sp³-hybridized carbons (Fsp3) is 0.188. The second kappa shape index (κ2) is 6.01. The zero-order chi connectivity index (χ0) is 17.4. The van der Waals surface area contributed by atoms with Crippen LogP contribution in [0.3, 0.4) is 0 Å². The molecule has 0 aliphatic carbocycles. The van der Waals surface area contributed by atoms with Crippen molar-refractivity contribution in [2.75, 3.05) is 14.2 Å². The molecule has 0 aliphatic rings. The molecule has 2 heterocycles. The van der Waals surface area contributed by atoms with Crippen LogP contribution in [0, 0.1) is 6.92 Å². The molecule has 0 spiro atoms. The normalized spacial score (nSPS) is 10.8. The fourth-order valence-corrected chi connectivity index (χ4v) is 2.77. The van der Waals surface area contributed by atoms with E-state index >= 15 is 0 Å². The Balaban J connectivity index is 2.37. The molecule has 124 valence electrons. The fourth-order valence-electron chi connectivity index (χ4n) is 2.56. The lowest BCUT2D eigenvalue weighted by Crippen LogP contribution is -2.23. The summed E-state index contributed by atoms with van der Waals surface area (Å²) in [6.45, 7) is 1.77. The highest BCUT2D eigenvalue weighted by Gasteiger charge is 2.17. The molecule has 0 aliphatic heterocycles. The standard InChI is InChI=1S/C16H14ClN3O4/c1-7-4-10(18-13-12(7)19-16(22)20-15(13)21)9-5-8(17)6-11(23-2)14(9)24-3/h4-6H,1-3H3,(H2,19,20,21,22). The number of halogens is 1. The third-order valence-electron chi connectivity index (χ3n) is 3.62. The monoisotopic (exact) mass is 347 g/mol. The number of hydrogen-bond acceptors (Lipinski definition) is 5. The number of ether oxygens (including phenoxy) is 2. The summed E-state index contributed by atoms with van der Waals surface area (Å²) in [5.74, 6) is 0.906. The zero-order valence-corrected chi connectivity index (χ0v) is 13.9. The molecule has 24 heavy (non-hydrogen) atoms. The Morgan fingerprint density at radius 1 is 1.08 bits per heavy atom. The molecule has 3 aromatic rings. The maximum atomic E-state index is 12.1. The molecular formula is C16H14ClN3O4. The molecule has 3 rings (SSSR count). The lowest BCUT2D eigenvalue weighted by molar-refractivity contribution is 0.356. The van der Waals surface area contributed by atoms with Crippen LogP contribution in [-0.4, -0.2) is 29.2 Å². The van der Waals surface area contributed by atoms with E-state index in [0.29, 0.717) is 38.9 Å². The molecule has 0 atom stereocenters. The summed E-state index contributed by atoms with van der Waals surface area (Å²) >= 11 is 6.14. The molecule has 0 unspecified atom stereocenters. The van der Waals surface area contributed by atoms with Crippen molar-refractivity contribution in [1.82, 2.24) is 15.0 Å². The van der Waals surface area contributed by atoms with Crippen LogP contribution in [0.1, 0.15) is 5.56 Å². The van der Waals surface area contributed by atoms with Gasteiger partial charge in [0.15, 0.2) is 17.0 Å². The van der Waals surface area contributed by atoms with E-state index in [1.165, 1.54) is 14.2 Å². The molecule has 1 aromatic carbocycles. The predicted molar refractivity (Wildman–Crippen MR) is 91.3 cm³/mol. The minimum Gasteiger partial charge on any atom is -0.493 e. The Morgan fingerprint density at radius 3 is 2.50 bits per heavy atom. The Morgan fingerprint density at radius 2 is 1.83 bits per heavy atom. The first-order valence-electron chi connectivity index (χ1n) is 7.00. The van der Waals surface area contributed by atoms with Gasteiger partial charge in [-0.05, 0) is 24.6 Å². The molecule has 8 heteroatoms. The SMILES string of the molecule is COc1cc(Cl)cc(-c2cc(C)c3[nH]c(=O)[nH]c(=O)c3n2)c1OC. The van der Waals surface area contributed by atoms with Gasteiger partial charge in [-0.1, -0.05) is 11.6 Å². The number of nitrogens with one attached hydrogen (secondary N) is 2. The van der Waals surface area contributed by atoms with Gasteiger partial charge in [0.1, 0.15) is 0 Å². The van der Waals surface area contributed by atoms with Gasteiger partial charge >= 0.3 is 5.69 Å². The van der Waals surface area contributed by atoms with E-state index in [0.717, 1.165) is 0 Å². The zero-order valence-electron chi connectivity index (χ0n) is 13.2. The van der Waals surface area contributed by atoms with Gasteiger partial charge in [0, 0.05) is 16.7 Å². The number of methoxy groups -OCH3 is 2. The molecule has 0 amide bonds. The summed E-state index contributed by atoms with van der Waals surface area (Å²) < 4.78 is 10.7. The Kier molecular flexibility index (Phi) is 4.02. The van der Waals surface area contributed by atoms with Crippen LogP contribution >= 0.6 is 11.6 Å². The molecule has 7 nitrogen and oxygen atoms in total. The molecule has 0 saturated carbocycles. The van der Waals surface area contributed by atoms with Gasteiger partial charge in [-0.15, -0.1) is 0 Å². The first-order chi connectivity index (χ1) is 11.4. The van der Waals surface area contributed by atoms with Crippen LogP contribution < -0.4 is 20.7 Å². The van der Waals surface area contributed by atoms with E-state index in [-0.39, 0.29) is 5.52 Å². The topological polar surface area (TPSA) is 97.1 Å². The smallest absolute Gasteiger partial charge is 0.326 e. The number of aryl methyl sites for hydroxylation is 1. The van der Waals surface area contributed by atoms with Crippen LogP contribution in [0.15, 0.2) is 27.8 Å². The molecule has 0 bridgehead atoms. The van der Waals surface area contributed by atoms with Crippen LogP contribution in [0.25, 0.3) is 22.3 Å². The number of aromatic amines is 2. The van der Waals surface area contributed by atoms with Gasteiger partial charge in [-0.25, -0.2) is 9.78 Å². The van der Waals surface area contributed by atoms with E-state index in [1.54, 1.807) is 25.1 Å². The Labute approximate surface area is 141 Å². The summed E-state index contributed by atoms with van der Waals surface area (Å²) in [6, 6.07) is 5.05. The van der Waals surface area contributed by atoms with E-state index in [9.17, 15) is 9.59 Å². The van der Waals surface area contributed by atoms with Crippen LogP contribution in [0.5, 0.6) is 11.5 Å². The van der Waals surface area contributed by atoms with Crippen molar-refractivity contribution >= 4 is 22.6 Å². The first kappa shape index (κ1) is 16.1. The molecule has 0 fully saturated rings. The van der Waals surface area contributed by atoms with Crippen molar-refractivity contribution < 1.29 is 9.47 Å². The summed E-state index contributed by atoms with van der Waals surface area (Å²) in [6.07, 6.45) is 0. The van der Waals surface area contributed by atoms with Crippen LogP contribution in [-0.2, 0) is 0 Å². The van der Waals surface area contributed by atoms with Crippen LogP contribution in [0.2, 0.25) is 5.02 Å². The quantitative estimate of drug-likeness (QED) is 0.757. The molecular weight excluding hydrogens is 334 g/mol. The average Bonchev–Trinajstić information content (AvgIpc) is 2.54. The highest BCUT2D eigenvalue weighted by atomic mass is 35.5. The van der Waals surface area contributed by atoms with E-state index in [2.05, 4.69) is 15.0 Å². The second-order valence-electron chi connectivity index (χ2n) is 5.15. The van der Waals surface area contributed by atoms with Gasteiger partial charge in [0.2, 0.25) is 0 Å². The Hall–Kier alpha value is -2.80. The first-order valence-corrected chi connectivity index (χ1v) is 7.38. The van der Waals surface area contributed by atoms with E-state index < -0.39 is 11.2 Å². The number of aromatic nitrogens is 3. The molecule has 2 aromatic heterocycles. The van der Waals surface area contributed by atoms with Gasteiger partial charge < -0.3 is 14.5 Å². The minimum atomic E-state index is -0.577. The second-order valence-corrected chi connectivity index (χ2v) is 5.58. The predicted octanol–water partition coefficient (Wildman–Crippen LogP) is 2.26. The number of rotatable bonds is 3. The van der Waals surface area contributed by atoms with Crippen molar-refractivity contribution in [3.05, 3.63) is 49.6 Å². The number of H-pyrrole nitrogens is 2. The largest absolute Gasteiger partial charge is 0.493 e. The molecule has 2 N–H and O–H groups in total. The highest BCUT2D eigenvalue weighted by molar-refractivity contribution is 6.31. The van der Waals surface area contributed by atoms with Crippen molar-refractivity contribution in [3.63, 3.8) is 0 Å². The lowest BCUT2D eigenvalue weighted by atomic mass is 10.1. The number of hydrogen-bond donors (Lipinski definition) is 2. The number of pyridine rings is 1. The van der Waals surface area contributed by atoms with Crippen molar-refractivity contribution in [2.24, 2.45) is 0 Å². The summed E-state index contributed by atoms with van der Waals surface area (Å²) in [5.41, 5.74) is 1.14. The van der Waals surface area contributed by atoms with Gasteiger partial charge in [0.25, 0.3) is 5.56 Å². The maximum Gasteiger partial charge on any atom is 0.326 e. The Bertz CT molecular complexity index is 1060. The number of nitrogens with zero attached hydrogens (tertiary/aromatic N) is 1. The third-order valence-corrected chi connectivity index (χ3v) is 3.84. The number of fused-ring (bicyclic) bond motifs is 1. The third kappa shape index (κ3) is 2.63. The number of benzene rings is 1. The molecule has 0 radical (unpaired) electrons. The summed E-state index contributed by atoms with van der Waals surface area (Å²) in [4.78, 5) is 32.6. The maximum absolute atomic E-state index is 12.1. The summed E-state index contributed by atoms with van der Waals surface area (Å²) in [5, 5.41) is 0.442. The van der Waals surface area contributed by atoms with E-state index in [4.69, 9.17) is 21.1 Å². The van der Waals surface area contributed by atoms with Gasteiger partial charge in [-0.2, -0.15) is 0 Å². The van der Waals surface area contributed by atoms with Gasteiger partial charge in [-0.3, -0.25) is 9.78 Å². The van der Waals surface area contributed by atoms with Crippen molar-refractivity contribution in [2.45, 2.75) is 6.92 Å². The van der Waals surface area contributed by atoms with Crippen molar-refractivity contribution in [3.8, 4) is 22.8 Å². The minimum absolute atomic E-state index is 0.130. The molecule has 0 saturated heterocycles.